The number of cyclic esters (lactones) is 1. The summed E-state index contributed by atoms with van der Waals surface area (Å²) in [5, 5.41) is 48.6. The number of hydrogen-bond acceptors (Lipinski definition) is 11. The van der Waals surface area contributed by atoms with Crippen LogP contribution in [0, 0.1) is 41.5 Å². The molecule has 0 aromatic heterocycles. The maximum absolute atomic E-state index is 12.6. The fraction of sp³-hybridized carbons (Fsp3) is 0.328. The number of rotatable bonds is 15. The second-order valence-electron chi connectivity index (χ2n) is 20.9. The van der Waals surface area contributed by atoms with Crippen LogP contribution in [0.3, 0.4) is 0 Å². The zero-order valence-corrected chi connectivity index (χ0v) is 44.5. The summed E-state index contributed by atoms with van der Waals surface area (Å²) in [5.74, 6) is 2.42. The summed E-state index contributed by atoms with van der Waals surface area (Å²) in [6.07, 6.45) is 2.03. The predicted octanol–water partition coefficient (Wildman–Crippen LogP) is 12.2. The van der Waals surface area contributed by atoms with E-state index in [9.17, 15) is 30.3 Å². The van der Waals surface area contributed by atoms with Crippen LogP contribution in [0.25, 0.3) is 0 Å². The standard InChI is InChI=1S/C23H28O4.C22H18O4.C19H24O3/c1-15-9-17(5-7-21(15)26-13-19-11-24-19)23(3,4)18-6-8-22(16(2)10-18)27-14-20-12-25-20;1-13-11-15(7-9-19(13)23)22(16-8-10-20(24)14(2)12-16)18-6-4-3-5-17(18)21(25)26-22;1-13-11-15(5-7-17(13)21)19(3,9-4-10-20)16-6-8-18(22)14(2)12-16/h5-10,19-20H,11-14H2,1-4H3;3-12,23-24H,1-2H3;5-8,11-12,20-22H,4,9-10H2,1-3H3. The lowest BCUT2D eigenvalue weighted by atomic mass is 9.72. The summed E-state index contributed by atoms with van der Waals surface area (Å²) < 4.78 is 28.2. The molecule has 2 atom stereocenters. The Kier molecular flexibility index (Phi) is 16.0. The van der Waals surface area contributed by atoms with Crippen molar-refractivity contribution in [3.63, 3.8) is 0 Å². The molecule has 5 N–H and O–H groups in total. The number of fused-ring (bicyclic) bond motifs is 1. The quantitative estimate of drug-likeness (QED) is 0.0489. The third-order valence-corrected chi connectivity index (χ3v) is 14.9. The number of ether oxygens (including phenoxy) is 5. The van der Waals surface area contributed by atoms with Crippen LogP contribution < -0.4 is 9.47 Å². The number of aliphatic hydroxyl groups excluding tert-OH is 1. The van der Waals surface area contributed by atoms with Gasteiger partial charge in [0.1, 0.15) is 59.9 Å². The minimum atomic E-state index is -1.12. The fourth-order valence-electron chi connectivity index (χ4n) is 9.71. The van der Waals surface area contributed by atoms with E-state index < -0.39 is 11.6 Å². The average molecular weight is 1020 g/mol. The molecule has 10 rings (SSSR count). The molecule has 392 valence electrons. The van der Waals surface area contributed by atoms with Gasteiger partial charge in [-0.3, -0.25) is 0 Å². The van der Waals surface area contributed by atoms with Crippen molar-refractivity contribution in [3.8, 4) is 34.5 Å². The lowest BCUT2D eigenvalue weighted by molar-refractivity contribution is 0.0251. The zero-order valence-electron chi connectivity index (χ0n) is 44.5. The van der Waals surface area contributed by atoms with E-state index in [1.165, 1.54) is 11.1 Å². The van der Waals surface area contributed by atoms with Gasteiger partial charge < -0.3 is 49.2 Å². The molecule has 0 bridgehead atoms. The van der Waals surface area contributed by atoms with Crippen LogP contribution in [0.4, 0.5) is 0 Å². The predicted molar refractivity (Wildman–Crippen MR) is 291 cm³/mol. The maximum Gasteiger partial charge on any atom is 0.340 e. The van der Waals surface area contributed by atoms with Crippen LogP contribution in [-0.4, -0.2) is 76.7 Å². The Bertz CT molecular complexity index is 3010. The normalized spacial score (nSPS) is 16.1. The summed E-state index contributed by atoms with van der Waals surface area (Å²) in [6.45, 7) is 21.3. The van der Waals surface area contributed by atoms with Gasteiger partial charge in [-0.1, -0.05) is 99.6 Å². The first-order valence-corrected chi connectivity index (χ1v) is 25.6. The number of carbonyl (C=O) groups excluding carboxylic acids is 1. The maximum atomic E-state index is 12.6. The third-order valence-electron chi connectivity index (χ3n) is 14.9. The Morgan fingerprint density at radius 2 is 0.933 bits per heavy atom. The average Bonchev–Trinajstić information content (AvgIpc) is 4.37. The Hall–Kier alpha value is -7.31. The molecule has 3 heterocycles. The topological polar surface area (TPSA) is 171 Å². The number of esters is 1. The monoisotopic (exact) mass is 1010 g/mol. The number of carbonyl (C=O) groups is 1. The van der Waals surface area contributed by atoms with Gasteiger partial charge in [0.15, 0.2) is 5.60 Å². The minimum Gasteiger partial charge on any atom is -0.508 e. The Morgan fingerprint density at radius 3 is 1.33 bits per heavy atom. The van der Waals surface area contributed by atoms with E-state index in [0.717, 1.165) is 81.2 Å². The molecule has 3 aliphatic heterocycles. The van der Waals surface area contributed by atoms with Crippen molar-refractivity contribution in [1.82, 2.24) is 0 Å². The number of epoxide rings is 2. The smallest absolute Gasteiger partial charge is 0.340 e. The fourth-order valence-corrected chi connectivity index (χ4v) is 9.71. The van der Waals surface area contributed by atoms with E-state index in [1.54, 1.807) is 62.4 Å². The van der Waals surface area contributed by atoms with Crippen LogP contribution in [0.2, 0.25) is 0 Å². The lowest BCUT2D eigenvalue weighted by Gasteiger charge is -2.32. The van der Waals surface area contributed by atoms with E-state index in [4.69, 9.17) is 23.7 Å². The molecule has 3 aliphatic rings. The van der Waals surface area contributed by atoms with Crippen molar-refractivity contribution in [2.24, 2.45) is 0 Å². The van der Waals surface area contributed by atoms with Crippen LogP contribution in [0.5, 0.6) is 34.5 Å². The number of phenolic OH excluding ortho intramolecular Hbond substituents is 4. The molecule has 7 aromatic rings. The van der Waals surface area contributed by atoms with Crippen molar-refractivity contribution in [2.45, 2.75) is 104 Å². The van der Waals surface area contributed by atoms with Crippen LogP contribution >= 0.6 is 0 Å². The third kappa shape index (κ3) is 11.8. The molecule has 2 unspecified atom stereocenters. The summed E-state index contributed by atoms with van der Waals surface area (Å²) in [7, 11) is 0. The second-order valence-corrected chi connectivity index (χ2v) is 20.9. The summed E-state index contributed by atoms with van der Waals surface area (Å²) in [6, 6.07) is 41.9. The molecule has 7 aromatic carbocycles. The summed E-state index contributed by atoms with van der Waals surface area (Å²) >= 11 is 0. The highest BCUT2D eigenvalue weighted by Crippen LogP contribution is 2.48. The van der Waals surface area contributed by atoms with E-state index in [-0.39, 0.29) is 52.6 Å². The van der Waals surface area contributed by atoms with Crippen LogP contribution in [0.1, 0.15) is 116 Å². The van der Waals surface area contributed by atoms with E-state index >= 15 is 0 Å². The lowest BCUT2D eigenvalue weighted by Crippen LogP contribution is -2.29. The number of aliphatic hydroxyl groups is 1. The molecule has 2 fully saturated rings. The van der Waals surface area contributed by atoms with Gasteiger partial charge in [0, 0.05) is 34.1 Å². The number of phenols is 4. The van der Waals surface area contributed by atoms with Gasteiger partial charge in [0.25, 0.3) is 0 Å². The summed E-state index contributed by atoms with van der Waals surface area (Å²) in [4.78, 5) is 12.6. The van der Waals surface area contributed by atoms with Crippen molar-refractivity contribution in [3.05, 3.63) is 211 Å². The second kappa shape index (κ2) is 22.3. The van der Waals surface area contributed by atoms with Gasteiger partial charge in [-0.25, -0.2) is 4.79 Å². The molecule has 2 saturated heterocycles. The SMILES string of the molecule is Cc1cc(C(C)(C)c2ccc(OCC3CO3)c(C)c2)ccc1OCC1CO1.Cc1cc(C(C)(CCCO)c2ccc(O)c(C)c2)ccc1O.Cc1cc(C2(c3ccc(O)c(C)c3)OC(=O)c3ccccc32)ccc1O. The Labute approximate surface area is 440 Å². The van der Waals surface area contributed by atoms with Crippen LogP contribution in [0.15, 0.2) is 133 Å². The van der Waals surface area contributed by atoms with E-state index in [1.807, 2.05) is 62.4 Å². The molecule has 0 aliphatic carbocycles. The number of aryl methyl sites for hydroxylation is 6. The molecule has 75 heavy (non-hydrogen) atoms. The molecule has 0 saturated carbocycles. The highest BCUT2D eigenvalue weighted by atomic mass is 16.6. The first kappa shape index (κ1) is 54.0. The zero-order chi connectivity index (χ0) is 53.8. The van der Waals surface area contributed by atoms with E-state index in [2.05, 4.69) is 71.0 Å². The van der Waals surface area contributed by atoms with Crippen molar-refractivity contribution in [1.29, 1.82) is 0 Å². The Balaban J connectivity index is 0.000000150. The first-order valence-electron chi connectivity index (χ1n) is 25.6. The summed E-state index contributed by atoms with van der Waals surface area (Å²) in [5.41, 5.74) is 11.4. The molecule has 0 radical (unpaired) electrons. The first-order chi connectivity index (χ1) is 35.7. The molecule has 0 spiro atoms. The molecule has 11 nitrogen and oxygen atoms in total. The van der Waals surface area contributed by atoms with Gasteiger partial charge in [0.2, 0.25) is 0 Å². The molecule has 0 amide bonds. The number of benzene rings is 7. The van der Waals surface area contributed by atoms with Gasteiger partial charge in [0.05, 0.1) is 18.8 Å². The van der Waals surface area contributed by atoms with Crippen molar-refractivity contribution in [2.75, 3.05) is 33.0 Å². The Morgan fingerprint density at radius 1 is 0.533 bits per heavy atom. The van der Waals surface area contributed by atoms with E-state index in [0.29, 0.717) is 36.3 Å². The highest BCUT2D eigenvalue weighted by Gasteiger charge is 2.48. The number of hydrogen-bond donors (Lipinski definition) is 5. The molecular weight excluding hydrogens is 945 g/mol. The number of aromatic hydroxyl groups is 4. The largest absolute Gasteiger partial charge is 0.508 e. The van der Waals surface area contributed by atoms with Gasteiger partial charge in [-0.2, -0.15) is 0 Å². The highest BCUT2D eigenvalue weighted by molar-refractivity contribution is 5.96. The van der Waals surface area contributed by atoms with Gasteiger partial charge in [-0.05, 0) is 165 Å². The molecular formula is C64H70O11. The van der Waals surface area contributed by atoms with Crippen molar-refractivity contribution < 1.29 is 54.0 Å². The molecule has 11 heteroatoms. The minimum absolute atomic E-state index is 0.105. The van der Waals surface area contributed by atoms with Gasteiger partial charge in [-0.15, -0.1) is 0 Å². The van der Waals surface area contributed by atoms with Crippen molar-refractivity contribution >= 4 is 5.97 Å². The van der Waals surface area contributed by atoms with Crippen LogP contribution in [-0.2, 0) is 30.6 Å². The van der Waals surface area contributed by atoms with Gasteiger partial charge >= 0.3 is 5.97 Å².